The molecule has 4 rings (SSSR count). The molecule has 2 N–H and O–H groups in total. The van der Waals surface area contributed by atoms with Gasteiger partial charge in [0.05, 0.1) is 27.7 Å². The van der Waals surface area contributed by atoms with Gasteiger partial charge in [-0.2, -0.15) is 4.98 Å². The molecule has 32 heavy (non-hydrogen) atoms. The van der Waals surface area contributed by atoms with Crippen LogP contribution in [0.4, 0.5) is 23.1 Å². The molecule has 4 aromatic rings. The van der Waals surface area contributed by atoms with E-state index in [-0.39, 0.29) is 0 Å². The Balaban J connectivity index is 1.55. The maximum absolute atomic E-state index is 5.42. The molecule has 0 radical (unpaired) electrons. The summed E-state index contributed by atoms with van der Waals surface area (Å²) in [4.78, 5) is 13.2. The minimum Gasteiger partial charge on any atom is -0.493 e. The third kappa shape index (κ3) is 4.56. The molecule has 0 fully saturated rings. The summed E-state index contributed by atoms with van der Waals surface area (Å²) >= 11 is 0. The number of aryl methyl sites for hydroxylation is 1. The number of benzene rings is 2. The van der Waals surface area contributed by atoms with E-state index in [1.165, 1.54) is 0 Å². The molecule has 0 aliphatic rings. The Bertz CT molecular complexity index is 1170. The lowest BCUT2D eigenvalue weighted by molar-refractivity contribution is 0.324. The van der Waals surface area contributed by atoms with Gasteiger partial charge in [0.15, 0.2) is 11.5 Å². The van der Waals surface area contributed by atoms with Crippen LogP contribution in [0.5, 0.6) is 17.2 Å². The lowest BCUT2D eigenvalue weighted by Gasteiger charge is -2.15. The van der Waals surface area contributed by atoms with Crippen molar-refractivity contribution in [1.82, 2.24) is 19.5 Å². The first-order valence-corrected chi connectivity index (χ1v) is 9.87. The van der Waals surface area contributed by atoms with Crippen molar-refractivity contribution in [3.05, 3.63) is 66.9 Å². The predicted molar refractivity (Wildman–Crippen MR) is 123 cm³/mol. The molecule has 0 aliphatic heterocycles. The van der Waals surface area contributed by atoms with Gasteiger partial charge in [0.25, 0.3) is 0 Å². The van der Waals surface area contributed by atoms with Gasteiger partial charge in [-0.1, -0.05) is 0 Å². The summed E-state index contributed by atoms with van der Waals surface area (Å²) in [7, 11) is 4.73. The van der Waals surface area contributed by atoms with Crippen molar-refractivity contribution < 1.29 is 14.2 Å². The van der Waals surface area contributed by atoms with Crippen molar-refractivity contribution in [2.75, 3.05) is 32.0 Å². The van der Waals surface area contributed by atoms with Crippen molar-refractivity contribution in [1.29, 1.82) is 0 Å². The fourth-order valence-corrected chi connectivity index (χ4v) is 3.25. The van der Waals surface area contributed by atoms with E-state index in [1.807, 2.05) is 60.2 Å². The summed E-state index contributed by atoms with van der Waals surface area (Å²) in [5, 5.41) is 6.53. The normalized spacial score (nSPS) is 10.5. The zero-order chi connectivity index (χ0) is 22.5. The molecule has 0 atom stereocenters. The molecule has 9 heteroatoms. The maximum Gasteiger partial charge on any atom is 0.229 e. The highest BCUT2D eigenvalue weighted by Crippen LogP contribution is 2.40. The number of hydrogen-bond donors (Lipinski definition) is 2. The number of nitrogens with one attached hydrogen (secondary N) is 2. The molecule has 2 heterocycles. The van der Waals surface area contributed by atoms with Gasteiger partial charge in [-0.05, 0) is 31.2 Å². The van der Waals surface area contributed by atoms with Crippen LogP contribution in [-0.4, -0.2) is 40.8 Å². The van der Waals surface area contributed by atoms with Gasteiger partial charge >= 0.3 is 0 Å². The third-order valence-electron chi connectivity index (χ3n) is 4.72. The predicted octanol–water partition coefficient (Wildman–Crippen LogP) is 4.48. The summed E-state index contributed by atoms with van der Waals surface area (Å²) in [5.74, 6) is 2.74. The lowest BCUT2D eigenvalue weighted by Crippen LogP contribution is -2.03. The van der Waals surface area contributed by atoms with Crippen LogP contribution < -0.4 is 24.8 Å². The summed E-state index contributed by atoms with van der Waals surface area (Å²) in [6.07, 6.45) is 5.40. The first-order valence-electron chi connectivity index (χ1n) is 9.87. The first kappa shape index (κ1) is 21.0. The molecule has 2 aromatic carbocycles. The van der Waals surface area contributed by atoms with E-state index >= 15 is 0 Å². The Kier molecular flexibility index (Phi) is 6.07. The molecule has 0 saturated carbocycles. The number of methoxy groups -OCH3 is 3. The van der Waals surface area contributed by atoms with Gasteiger partial charge in [0.2, 0.25) is 11.7 Å². The number of anilines is 4. The highest BCUT2D eigenvalue weighted by atomic mass is 16.5. The monoisotopic (exact) mass is 432 g/mol. The average molecular weight is 432 g/mol. The summed E-state index contributed by atoms with van der Waals surface area (Å²) in [5.41, 5.74) is 3.45. The molecule has 0 aliphatic carbocycles. The number of nitrogens with zero attached hydrogens (tertiary/aromatic N) is 4. The van der Waals surface area contributed by atoms with Crippen LogP contribution in [0.3, 0.4) is 0 Å². The van der Waals surface area contributed by atoms with Crippen molar-refractivity contribution >= 4 is 23.1 Å². The van der Waals surface area contributed by atoms with E-state index in [9.17, 15) is 0 Å². The van der Waals surface area contributed by atoms with Gasteiger partial charge in [-0.25, -0.2) is 9.97 Å². The topological polar surface area (TPSA) is 95.4 Å². The zero-order valence-corrected chi connectivity index (χ0v) is 18.3. The van der Waals surface area contributed by atoms with Crippen LogP contribution in [0.2, 0.25) is 0 Å². The second-order valence-corrected chi connectivity index (χ2v) is 6.90. The lowest BCUT2D eigenvalue weighted by atomic mass is 10.2. The first-order chi connectivity index (χ1) is 15.6. The molecule has 0 bridgehead atoms. The fourth-order valence-electron chi connectivity index (χ4n) is 3.25. The fraction of sp³-hybridized carbons (Fsp3) is 0.174. The van der Waals surface area contributed by atoms with Crippen LogP contribution in [0.1, 0.15) is 5.69 Å². The number of rotatable bonds is 8. The van der Waals surface area contributed by atoms with E-state index < -0.39 is 0 Å². The van der Waals surface area contributed by atoms with Gasteiger partial charge in [-0.15, -0.1) is 0 Å². The van der Waals surface area contributed by atoms with Crippen molar-refractivity contribution in [2.45, 2.75) is 6.92 Å². The van der Waals surface area contributed by atoms with E-state index in [1.54, 1.807) is 33.9 Å². The Morgan fingerprint density at radius 2 is 1.53 bits per heavy atom. The number of imidazole rings is 1. The van der Waals surface area contributed by atoms with Gasteiger partial charge in [-0.3, -0.25) is 0 Å². The Hall–Kier alpha value is -4.27. The Morgan fingerprint density at radius 1 is 0.812 bits per heavy atom. The quantitative estimate of drug-likeness (QED) is 0.421. The molecule has 2 aromatic heterocycles. The number of hydrogen-bond acceptors (Lipinski definition) is 8. The zero-order valence-electron chi connectivity index (χ0n) is 18.3. The van der Waals surface area contributed by atoms with Crippen LogP contribution in [0.15, 0.2) is 61.2 Å². The molecule has 0 unspecified atom stereocenters. The largest absolute Gasteiger partial charge is 0.493 e. The smallest absolute Gasteiger partial charge is 0.229 e. The van der Waals surface area contributed by atoms with E-state index in [0.717, 1.165) is 22.8 Å². The van der Waals surface area contributed by atoms with E-state index in [4.69, 9.17) is 14.2 Å². The molecular formula is C23H24N6O3. The standard InChI is InChI=1S/C23H24N6O3/c1-15-11-21(26-17-12-19(30-2)22(32-4)20(13-17)31-3)28-23(25-15)27-16-5-7-18(8-6-16)29-10-9-24-14-29/h5-14H,1-4H3,(H2,25,26,27,28). The molecule has 164 valence electrons. The summed E-state index contributed by atoms with van der Waals surface area (Å²) in [6.45, 7) is 1.91. The van der Waals surface area contributed by atoms with Gasteiger partial charge in [0, 0.05) is 53.3 Å². The molecule has 0 saturated heterocycles. The molecule has 9 nitrogen and oxygen atoms in total. The van der Waals surface area contributed by atoms with Crippen molar-refractivity contribution in [3.8, 4) is 22.9 Å². The van der Waals surface area contributed by atoms with E-state index in [0.29, 0.717) is 29.0 Å². The van der Waals surface area contributed by atoms with Crippen LogP contribution in [0, 0.1) is 6.92 Å². The molecule has 0 amide bonds. The highest BCUT2D eigenvalue weighted by molar-refractivity contribution is 5.67. The Labute approximate surface area is 186 Å². The maximum atomic E-state index is 5.42. The highest BCUT2D eigenvalue weighted by Gasteiger charge is 2.14. The average Bonchev–Trinajstić information content (AvgIpc) is 3.33. The second-order valence-electron chi connectivity index (χ2n) is 6.90. The van der Waals surface area contributed by atoms with Crippen LogP contribution in [0.25, 0.3) is 5.69 Å². The SMILES string of the molecule is COc1cc(Nc2cc(C)nc(Nc3ccc(-n4ccnc4)cc3)n2)cc(OC)c1OC. The van der Waals surface area contributed by atoms with Gasteiger partial charge < -0.3 is 29.4 Å². The second kappa shape index (κ2) is 9.25. The van der Waals surface area contributed by atoms with Crippen LogP contribution in [-0.2, 0) is 0 Å². The van der Waals surface area contributed by atoms with Gasteiger partial charge in [0.1, 0.15) is 5.82 Å². The third-order valence-corrected chi connectivity index (χ3v) is 4.72. The minimum absolute atomic E-state index is 0.482. The number of ether oxygens (including phenoxy) is 3. The molecular weight excluding hydrogens is 408 g/mol. The Morgan fingerprint density at radius 3 is 2.12 bits per heavy atom. The summed E-state index contributed by atoms with van der Waals surface area (Å²) in [6, 6.07) is 13.4. The van der Waals surface area contributed by atoms with Crippen molar-refractivity contribution in [3.63, 3.8) is 0 Å². The van der Waals surface area contributed by atoms with Crippen molar-refractivity contribution in [2.24, 2.45) is 0 Å². The minimum atomic E-state index is 0.482. The summed E-state index contributed by atoms with van der Waals surface area (Å²) < 4.78 is 18.2. The molecule has 0 spiro atoms. The number of aromatic nitrogens is 4. The van der Waals surface area contributed by atoms with E-state index in [2.05, 4.69) is 25.6 Å². The van der Waals surface area contributed by atoms with Crippen LogP contribution >= 0.6 is 0 Å².